The first-order chi connectivity index (χ1) is 11.5. The van der Waals surface area contributed by atoms with Crippen molar-refractivity contribution in [2.45, 2.75) is 38.8 Å². The van der Waals surface area contributed by atoms with Gasteiger partial charge in [-0.3, -0.25) is 0 Å². The first kappa shape index (κ1) is 17.8. The third kappa shape index (κ3) is 4.97. The van der Waals surface area contributed by atoms with Crippen LogP contribution in [0.2, 0.25) is 0 Å². The van der Waals surface area contributed by atoms with Gasteiger partial charge in [0.05, 0.1) is 13.2 Å². The predicted molar refractivity (Wildman–Crippen MR) is 91.9 cm³/mol. The van der Waals surface area contributed by atoms with E-state index in [4.69, 9.17) is 4.74 Å². The summed E-state index contributed by atoms with van der Waals surface area (Å²) in [5.41, 5.74) is 1.22. The molecule has 0 spiro atoms. The Kier molecular flexibility index (Phi) is 6.17. The molecule has 2 rings (SSSR count). The van der Waals surface area contributed by atoms with Crippen molar-refractivity contribution in [2.75, 3.05) is 7.11 Å². The SMILES string of the molecule is COc1ccc(CC[C@H](C)NC(=O)N[C@H](C)c2nncn2C)cc1. The van der Waals surface area contributed by atoms with Gasteiger partial charge in [0.1, 0.15) is 12.1 Å². The highest BCUT2D eigenvalue weighted by molar-refractivity contribution is 5.74. The fraction of sp³-hybridized carbons (Fsp3) is 0.471. The zero-order valence-corrected chi connectivity index (χ0v) is 14.6. The highest BCUT2D eigenvalue weighted by atomic mass is 16.5. The maximum absolute atomic E-state index is 12.1. The van der Waals surface area contributed by atoms with Crippen molar-refractivity contribution in [2.24, 2.45) is 7.05 Å². The van der Waals surface area contributed by atoms with Crippen LogP contribution in [0.4, 0.5) is 4.79 Å². The van der Waals surface area contributed by atoms with Crippen molar-refractivity contribution in [1.82, 2.24) is 25.4 Å². The molecule has 0 saturated carbocycles. The van der Waals surface area contributed by atoms with Gasteiger partial charge in [-0.25, -0.2) is 4.79 Å². The van der Waals surface area contributed by atoms with Crippen LogP contribution in [0.1, 0.15) is 37.7 Å². The molecule has 2 atom stereocenters. The number of nitrogens with one attached hydrogen (secondary N) is 2. The second-order valence-corrected chi connectivity index (χ2v) is 5.93. The maximum Gasteiger partial charge on any atom is 0.315 e. The zero-order chi connectivity index (χ0) is 17.5. The molecule has 2 N–H and O–H groups in total. The molecule has 2 aromatic rings. The molecule has 0 unspecified atom stereocenters. The smallest absolute Gasteiger partial charge is 0.315 e. The number of rotatable bonds is 7. The number of methoxy groups -OCH3 is 1. The largest absolute Gasteiger partial charge is 0.497 e. The Hall–Kier alpha value is -2.57. The molecule has 0 aliphatic rings. The van der Waals surface area contributed by atoms with Gasteiger partial charge in [0.25, 0.3) is 0 Å². The molecule has 2 amide bonds. The normalized spacial score (nSPS) is 13.2. The number of urea groups is 1. The van der Waals surface area contributed by atoms with Crippen LogP contribution < -0.4 is 15.4 Å². The highest BCUT2D eigenvalue weighted by Gasteiger charge is 2.15. The van der Waals surface area contributed by atoms with E-state index in [1.54, 1.807) is 18.0 Å². The molecular weight excluding hydrogens is 306 g/mol. The summed E-state index contributed by atoms with van der Waals surface area (Å²) in [7, 11) is 3.50. The lowest BCUT2D eigenvalue weighted by molar-refractivity contribution is 0.233. The predicted octanol–water partition coefficient (Wildman–Crippen LogP) is 2.21. The molecule has 7 nitrogen and oxygen atoms in total. The van der Waals surface area contributed by atoms with Gasteiger partial charge in [-0.2, -0.15) is 0 Å². The Morgan fingerprint density at radius 3 is 2.54 bits per heavy atom. The van der Waals surface area contributed by atoms with E-state index in [1.807, 2.05) is 45.2 Å². The minimum absolute atomic E-state index is 0.0683. The van der Waals surface area contributed by atoms with Crippen molar-refractivity contribution < 1.29 is 9.53 Å². The number of aromatic nitrogens is 3. The molecule has 0 aliphatic carbocycles. The van der Waals surface area contributed by atoms with Gasteiger partial charge in [0.2, 0.25) is 0 Å². The van der Waals surface area contributed by atoms with E-state index in [2.05, 4.69) is 20.8 Å². The fourth-order valence-corrected chi connectivity index (χ4v) is 2.46. The Morgan fingerprint density at radius 2 is 1.96 bits per heavy atom. The monoisotopic (exact) mass is 331 g/mol. The van der Waals surface area contributed by atoms with Crippen LogP contribution in [0.15, 0.2) is 30.6 Å². The van der Waals surface area contributed by atoms with Crippen LogP contribution in [0.3, 0.4) is 0 Å². The number of benzene rings is 1. The number of aryl methyl sites for hydroxylation is 2. The summed E-state index contributed by atoms with van der Waals surface area (Å²) >= 11 is 0. The number of amides is 2. The molecule has 0 saturated heterocycles. The number of carbonyl (C=O) groups excluding carboxylic acids is 1. The highest BCUT2D eigenvalue weighted by Crippen LogP contribution is 2.13. The number of carbonyl (C=O) groups is 1. The first-order valence-corrected chi connectivity index (χ1v) is 8.03. The number of nitrogens with zero attached hydrogens (tertiary/aromatic N) is 3. The molecule has 0 fully saturated rings. The Labute approximate surface area is 142 Å². The lowest BCUT2D eigenvalue weighted by Crippen LogP contribution is -2.42. The lowest BCUT2D eigenvalue weighted by Gasteiger charge is -2.18. The molecule has 0 bridgehead atoms. The average Bonchev–Trinajstić information content (AvgIpc) is 2.99. The van der Waals surface area contributed by atoms with Gasteiger partial charge in [0.15, 0.2) is 5.82 Å². The van der Waals surface area contributed by atoms with E-state index in [1.165, 1.54) is 5.56 Å². The van der Waals surface area contributed by atoms with E-state index >= 15 is 0 Å². The summed E-state index contributed by atoms with van der Waals surface area (Å²) in [5, 5.41) is 13.6. The molecule has 1 aromatic heterocycles. The van der Waals surface area contributed by atoms with Gasteiger partial charge in [0, 0.05) is 13.1 Å². The van der Waals surface area contributed by atoms with E-state index in [0.717, 1.165) is 24.4 Å². The third-order valence-corrected chi connectivity index (χ3v) is 3.88. The van der Waals surface area contributed by atoms with E-state index in [9.17, 15) is 4.79 Å². The summed E-state index contributed by atoms with van der Waals surface area (Å²) in [6.45, 7) is 3.88. The molecular formula is C17H25N5O2. The molecule has 0 aliphatic heterocycles. The summed E-state index contributed by atoms with van der Waals surface area (Å²) in [6, 6.07) is 7.65. The number of ether oxygens (including phenoxy) is 1. The summed E-state index contributed by atoms with van der Waals surface area (Å²) < 4.78 is 6.94. The minimum Gasteiger partial charge on any atom is -0.497 e. The van der Waals surface area contributed by atoms with Gasteiger partial charge >= 0.3 is 6.03 Å². The van der Waals surface area contributed by atoms with Gasteiger partial charge in [-0.15, -0.1) is 10.2 Å². The van der Waals surface area contributed by atoms with Crippen LogP contribution >= 0.6 is 0 Å². The Morgan fingerprint density at radius 1 is 1.25 bits per heavy atom. The molecule has 1 heterocycles. The summed E-state index contributed by atoms with van der Waals surface area (Å²) in [6.07, 6.45) is 3.37. The van der Waals surface area contributed by atoms with Crippen molar-refractivity contribution in [3.63, 3.8) is 0 Å². The standard InChI is InChI=1S/C17H25N5O2/c1-12(5-6-14-7-9-15(24-4)10-8-14)19-17(23)20-13(2)16-21-18-11-22(16)3/h7-13H,5-6H2,1-4H3,(H2,19,20,23)/t12-,13+/m0/s1. The van der Waals surface area contributed by atoms with Crippen molar-refractivity contribution in [3.05, 3.63) is 42.0 Å². The topological polar surface area (TPSA) is 81.1 Å². The average molecular weight is 331 g/mol. The zero-order valence-electron chi connectivity index (χ0n) is 14.6. The first-order valence-electron chi connectivity index (χ1n) is 8.03. The van der Waals surface area contributed by atoms with Crippen LogP contribution in [0.25, 0.3) is 0 Å². The third-order valence-electron chi connectivity index (χ3n) is 3.88. The molecule has 7 heteroatoms. The quantitative estimate of drug-likeness (QED) is 0.815. The van der Waals surface area contributed by atoms with Crippen molar-refractivity contribution in [1.29, 1.82) is 0 Å². The van der Waals surface area contributed by atoms with Gasteiger partial charge in [-0.05, 0) is 44.4 Å². The summed E-state index contributed by atoms with van der Waals surface area (Å²) in [4.78, 5) is 12.1. The van der Waals surface area contributed by atoms with Gasteiger partial charge in [-0.1, -0.05) is 12.1 Å². The lowest BCUT2D eigenvalue weighted by atomic mass is 10.1. The van der Waals surface area contributed by atoms with Crippen LogP contribution in [-0.4, -0.2) is 33.9 Å². The Balaban J connectivity index is 1.75. The maximum atomic E-state index is 12.1. The van der Waals surface area contributed by atoms with Crippen molar-refractivity contribution in [3.8, 4) is 5.75 Å². The number of hydrogen-bond acceptors (Lipinski definition) is 4. The van der Waals surface area contributed by atoms with E-state index < -0.39 is 0 Å². The van der Waals surface area contributed by atoms with Crippen LogP contribution in [0.5, 0.6) is 5.75 Å². The van der Waals surface area contributed by atoms with Crippen LogP contribution in [-0.2, 0) is 13.5 Å². The molecule has 0 radical (unpaired) electrons. The van der Waals surface area contributed by atoms with Gasteiger partial charge < -0.3 is 19.9 Å². The second-order valence-electron chi connectivity index (χ2n) is 5.93. The van der Waals surface area contributed by atoms with Crippen molar-refractivity contribution >= 4 is 6.03 Å². The number of hydrogen-bond donors (Lipinski definition) is 2. The van der Waals surface area contributed by atoms with Crippen LogP contribution in [0, 0.1) is 0 Å². The molecule has 24 heavy (non-hydrogen) atoms. The molecule has 1 aromatic carbocycles. The summed E-state index contributed by atoms with van der Waals surface area (Å²) in [5.74, 6) is 1.57. The second kappa shape index (κ2) is 8.33. The van der Waals surface area contributed by atoms with E-state index in [0.29, 0.717) is 0 Å². The molecule has 130 valence electrons. The fourth-order valence-electron chi connectivity index (χ4n) is 2.46. The van der Waals surface area contributed by atoms with E-state index in [-0.39, 0.29) is 18.1 Å². The minimum atomic E-state index is -0.203. The Bertz CT molecular complexity index is 653.